The molecule has 1 heterocycles. The second kappa shape index (κ2) is 31.2. The van der Waals surface area contributed by atoms with Crippen LogP contribution in [-0.2, 0) is 54.1 Å². The van der Waals surface area contributed by atoms with Gasteiger partial charge in [-0.3, -0.25) is 38.7 Å². The number of carbonyl (C=O) groups excluding carboxylic acids is 2. The smallest absolute Gasteiger partial charge is 0.335 e. The van der Waals surface area contributed by atoms with Crippen molar-refractivity contribution in [3.05, 3.63) is 29.8 Å². The number of aliphatic hydroxyl groups excluding tert-OH is 5. The van der Waals surface area contributed by atoms with Crippen molar-refractivity contribution in [2.75, 3.05) is 99.5 Å². The number of alkyl halides is 1. The molecule has 11 N–H and O–H groups in total. The number of methoxy groups -OCH3 is 2. The standard InChI is InChI=1S/C40H64IN5O20/c1-62-27(22-47)35(39(59)60)65-31(23-48)66-36(33(54)34(55)40(61)63-2)32(41)37(56)43-12-10-24-4-6-25(7-5-24)64-19-3-11-42-28(49)9-8-26(38(57)58)46-17-15-44(20-29(50)51)13-14-45(16-18-46)21-30(52)53/h4-7,26-27,31-36,40,47-48,54-55,61H,3,8-23H2,1-2H3,(H,42,49)(H,43,56)(H,50,51)(H,52,53)(H,57,58)(H,59,60). The van der Waals surface area contributed by atoms with Crippen LogP contribution in [0.4, 0.5) is 0 Å². The highest BCUT2D eigenvalue weighted by Crippen LogP contribution is 2.22. The summed E-state index contributed by atoms with van der Waals surface area (Å²) in [4.78, 5) is 77.6. The summed E-state index contributed by atoms with van der Waals surface area (Å²) in [7, 11) is 2.16. The molecule has 376 valence electrons. The first-order valence-electron chi connectivity index (χ1n) is 21.0. The largest absolute Gasteiger partial charge is 0.494 e. The highest BCUT2D eigenvalue weighted by molar-refractivity contribution is 14.1. The molecule has 1 aromatic carbocycles. The molecule has 0 spiro atoms. The van der Waals surface area contributed by atoms with Crippen LogP contribution in [-0.4, -0.2) is 249 Å². The first-order valence-corrected chi connectivity index (χ1v) is 22.2. The lowest BCUT2D eigenvalue weighted by Crippen LogP contribution is -2.55. The van der Waals surface area contributed by atoms with E-state index in [4.69, 9.17) is 18.9 Å². The van der Waals surface area contributed by atoms with E-state index in [1.165, 1.54) is 0 Å². The molecule has 26 heteroatoms. The van der Waals surface area contributed by atoms with Gasteiger partial charge in [-0.15, -0.1) is 0 Å². The second-order valence-electron chi connectivity index (χ2n) is 15.1. The molecule has 1 saturated heterocycles. The Kier molecular flexibility index (Phi) is 27.5. The minimum Gasteiger partial charge on any atom is -0.494 e. The summed E-state index contributed by atoms with van der Waals surface area (Å²) in [5, 5.41) is 94.3. The molecule has 0 radical (unpaired) electrons. The van der Waals surface area contributed by atoms with Gasteiger partial charge < -0.3 is 80.3 Å². The molecule has 0 aliphatic carbocycles. The lowest BCUT2D eigenvalue weighted by atomic mass is 10.0. The van der Waals surface area contributed by atoms with Crippen LogP contribution in [0.5, 0.6) is 5.75 Å². The minimum absolute atomic E-state index is 0.0218. The van der Waals surface area contributed by atoms with E-state index in [1.807, 2.05) is 0 Å². The van der Waals surface area contributed by atoms with Crippen LogP contribution in [0.3, 0.4) is 0 Å². The first-order chi connectivity index (χ1) is 31.3. The summed E-state index contributed by atoms with van der Waals surface area (Å²) in [5.74, 6) is -5.41. The molecule has 2 amide bonds. The first kappa shape index (κ1) is 58.2. The van der Waals surface area contributed by atoms with E-state index in [0.717, 1.165) is 19.8 Å². The summed E-state index contributed by atoms with van der Waals surface area (Å²) in [6, 6.07) is 5.85. The number of nitrogens with zero attached hydrogens (tertiary/aromatic N) is 3. The van der Waals surface area contributed by atoms with Crippen molar-refractivity contribution >= 4 is 58.3 Å². The van der Waals surface area contributed by atoms with E-state index in [-0.39, 0.29) is 77.7 Å². The number of ether oxygens (including phenoxy) is 5. The van der Waals surface area contributed by atoms with E-state index in [2.05, 4.69) is 15.4 Å². The molecule has 0 saturated carbocycles. The third-order valence-electron chi connectivity index (χ3n) is 10.4. The number of benzene rings is 1. The molecule has 9 unspecified atom stereocenters. The molecule has 66 heavy (non-hydrogen) atoms. The summed E-state index contributed by atoms with van der Waals surface area (Å²) in [6.07, 6.45) is -12.1. The van der Waals surface area contributed by atoms with Gasteiger partial charge in [0.1, 0.15) is 40.1 Å². The zero-order chi connectivity index (χ0) is 49.3. The fourth-order valence-electron chi connectivity index (χ4n) is 6.69. The zero-order valence-electron chi connectivity index (χ0n) is 36.8. The Morgan fingerprint density at radius 2 is 1.33 bits per heavy atom. The number of carboxylic acids is 4. The van der Waals surface area contributed by atoms with Crippen LogP contribution in [0.2, 0.25) is 0 Å². The summed E-state index contributed by atoms with van der Waals surface area (Å²) in [5.41, 5.74) is 0.789. The highest BCUT2D eigenvalue weighted by Gasteiger charge is 2.42. The molecule has 9 atom stereocenters. The van der Waals surface area contributed by atoms with E-state index >= 15 is 0 Å². The van der Waals surface area contributed by atoms with Crippen LogP contribution in [0.15, 0.2) is 24.3 Å². The van der Waals surface area contributed by atoms with Crippen molar-refractivity contribution in [3.8, 4) is 5.75 Å². The van der Waals surface area contributed by atoms with Crippen molar-refractivity contribution < 1.29 is 98.4 Å². The summed E-state index contributed by atoms with van der Waals surface area (Å²) < 4.78 is 24.9. The lowest BCUT2D eigenvalue weighted by Gasteiger charge is -2.34. The fraction of sp³-hybridized carbons (Fsp3) is 0.700. The third kappa shape index (κ3) is 20.9. The van der Waals surface area contributed by atoms with Crippen molar-refractivity contribution in [1.82, 2.24) is 25.3 Å². The van der Waals surface area contributed by atoms with Gasteiger partial charge in [-0.25, -0.2) is 4.79 Å². The Balaban J connectivity index is 1.88. The van der Waals surface area contributed by atoms with Crippen molar-refractivity contribution in [2.45, 2.75) is 78.7 Å². The van der Waals surface area contributed by atoms with Crippen molar-refractivity contribution in [3.63, 3.8) is 0 Å². The number of hydrogen-bond donors (Lipinski definition) is 11. The number of hydrogen-bond acceptors (Lipinski definition) is 19. The SMILES string of the molecule is COC(O)C(O)C(O)C(OC(CO)OC(C(=O)O)C(CO)OC)C(I)C(=O)NCCc1ccc(OCCCNC(=O)CCC(C(=O)O)N2CCN(CC(=O)O)CCN(CC(=O)O)CC2)cc1. The average molecular weight is 1060 g/mol. The highest BCUT2D eigenvalue weighted by atomic mass is 127. The number of halogens is 1. The predicted molar refractivity (Wildman–Crippen MR) is 236 cm³/mol. The fourth-order valence-corrected chi connectivity index (χ4v) is 7.50. The number of amides is 2. The van der Waals surface area contributed by atoms with Crippen molar-refractivity contribution in [2.24, 2.45) is 0 Å². The van der Waals surface area contributed by atoms with Gasteiger partial charge in [-0.2, -0.15) is 0 Å². The molecular formula is C40H64IN5O20. The van der Waals surface area contributed by atoms with E-state index < -0.39 is 96.1 Å². The monoisotopic (exact) mass is 1060 g/mol. The molecule has 1 fully saturated rings. The Morgan fingerprint density at radius 1 is 0.742 bits per heavy atom. The predicted octanol–water partition coefficient (Wildman–Crippen LogP) is -3.78. The van der Waals surface area contributed by atoms with Gasteiger partial charge in [-0.05, 0) is 37.0 Å². The molecular weight excluding hydrogens is 997 g/mol. The Labute approximate surface area is 394 Å². The molecule has 0 aromatic heterocycles. The van der Waals surface area contributed by atoms with Gasteiger partial charge in [0.15, 0.2) is 18.7 Å². The third-order valence-corrected chi connectivity index (χ3v) is 11.6. The van der Waals surface area contributed by atoms with Gasteiger partial charge in [0.2, 0.25) is 11.8 Å². The Bertz CT molecular complexity index is 1620. The molecule has 25 nitrogen and oxygen atoms in total. The van der Waals surface area contributed by atoms with Gasteiger partial charge in [0.25, 0.3) is 0 Å². The number of carboxylic acid groups (broad SMARTS) is 4. The average Bonchev–Trinajstić information content (AvgIpc) is 3.36. The van der Waals surface area contributed by atoms with Crippen LogP contribution in [0.1, 0.15) is 24.8 Å². The van der Waals surface area contributed by atoms with Gasteiger partial charge >= 0.3 is 23.9 Å². The summed E-state index contributed by atoms with van der Waals surface area (Å²) in [6.45, 7) is -0.246. The maximum Gasteiger partial charge on any atom is 0.335 e. The van der Waals surface area contributed by atoms with Crippen LogP contribution < -0.4 is 15.4 Å². The van der Waals surface area contributed by atoms with Gasteiger partial charge in [0, 0.05) is 73.0 Å². The number of rotatable bonds is 32. The topological polar surface area (TPSA) is 364 Å². The van der Waals surface area contributed by atoms with Gasteiger partial charge in [0.05, 0.1) is 32.9 Å². The molecule has 2 rings (SSSR count). The Hall–Kier alpha value is -3.91. The number of carbonyl (C=O) groups is 6. The molecule has 1 aliphatic heterocycles. The maximum atomic E-state index is 13.2. The van der Waals surface area contributed by atoms with E-state index in [0.29, 0.717) is 31.7 Å². The zero-order valence-corrected chi connectivity index (χ0v) is 38.9. The lowest BCUT2D eigenvalue weighted by molar-refractivity contribution is -0.257. The molecule has 1 aromatic rings. The van der Waals surface area contributed by atoms with E-state index in [1.54, 1.807) is 61.6 Å². The van der Waals surface area contributed by atoms with E-state index in [9.17, 15) is 74.7 Å². The molecule has 1 aliphatic rings. The maximum absolute atomic E-state index is 13.2. The van der Waals surface area contributed by atoms with Gasteiger partial charge in [-0.1, -0.05) is 34.7 Å². The number of nitrogens with one attached hydrogen (secondary N) is 2. The number of aliphatic carboxylic acids is 4. The van der Waals surface area contributed by atoms with Crippen molar-refractivity contribution in [1.29, 1.82) is 0 Å². The Morgan fingerprint density at radius 3 is 1.83 bits per heavy atom. The normalized spacial score (nSPS) is 18.4. The molecule has 0 bridgehead atoms. The second-order valence-corrected chi connectivity index (χ2v) is 16.4. The minimum atomic E-state index is -2.03. The summed E-state index contributed by atoms with van der Waals surface area (Å²) >= 11 is 1.60. The number of aliphatic hydroxyl groups is 5. The van der Waals surface area contributed by atoms with Crippen LogP contribution in [0.25, 0.3) is 0 Å². The van der Waals surface area contributed by atoms with Crippen LogP contribution >= 0.6 is 22.6 Å². The quantitative estimate of drug-likeness (QED) is 0.0143. The van der Waals surface area contributed by atoms with Crippen LogP contribution in [0, 0.1) is 0 Å².